The zero-order valence-corrected chi connectivity index (χ0v) is 17.3. The van der Waals surface area contributed by atoms with Gasteiger partial charge in [0.05, 0.1) is 18.0 Å². The molecule has 1 aromatic rings. The van der Waals surface area contributed by atoms with Gasteiger partial charge in [-0.05, 0) is 25.0 Å². The fourth-order valence-electron chi connectivity index (χ4n) is 3.57. The van der Waals surface area contributed by atoms with E-state index in [2.05, 4.69) is 10.6 Å². The van der Waals surface area contributed by atoms with Crippen molar-refractivity contribution in [3.63, 3.8) is 0 Å². The van der Waals surface area contributed by atoms with Crippen molar-refractivity contribution in [1.82, 2.24) is 20.7 Å². The summed E-state index contributed by atoms with van der Waals surface area (Å²) in [5.74, 6) is -5.10. The molecule has 4 amide bonds. The molecule has 0 radical (unpaired) electrons. The summed E-state index contributed by atoms with van der Waals surface area (Å²) in [6, 6.07) is 1.36. The number of benzene rings is 1. The highest BCUT2D eigenvalue weighted by Gasteiger charge is 2.43. The first-order chi connectivity index (χ1) is 15.7. The third kappa shape index (κ3) is 5.22. The first kappa shape index (κ1) is 23.6. The van der Waals surface area contributed by atoms with Crippen molar-refractivity contribution in [1.29, 1.82) is 0 Å². The van der Waals surface area contributed by atoms with Crippen LogP contribution in [-0.2, 0) is 24.0 Å². The molecule has 2 aliphatic heterocycles. The second kappa shape index (κ2) is 10.0. The van der Waals surface area contributed by atoms with Crippen molar-refractivity contribution in [3.8, 4) is 0 Å². The number of aldehydes is 1. The fourth-order valence-corrected chi connectivity index (χ4v) is 3.57. The molecule has 0 bridgehead atoms. The smallest absolute Gasteiger partial charge is 0.305 e. The van der Waals surface area contributed by atoms with E-state index in [9.17, 15) is 33.2 Å². The highest BCUT2D eigenvalue weighted by Crippen LogP contribution is 2.24. The Morgan fingerprint density at radius 3 is 2.64 bits per heavy atom. The van der Waals surface area contributed by atoms with E-state index in [0.29, 0.717) is 0 Å². The van der Waals surface area contributed by atoms with E-state index in [-0.39, 0.29) is 31.1 Å². The molecule has 11 nitrogen and oxygen atoms in total. The van der Waals surface area contributed by atoms with Crippen molar-refractivity contribution in [2.75, 3.05) is 0 Å². The molecule has 1 saturated heterocycles. The van der Waals surface area contributed by atoms with Gasteiger partial charge in [-0.2, -0.15) is 0 Å². The lowest BCUT2D eigenvalue weighted by Crippen LogP contribution is -2.62. The quantitative estimate of drug-likeness (QED) is 0.474. The summed E-state index contributed by atoms with van der Waals surface area (Å²) in [5.41, 5.74) is -0.284. The molecule has 1 fully saturated rings. The number of carbonyl (C=O) groups is 6. The van der Waals surface area contributed by atoms with E-state index in [1.54, 1.807) is 0 Å². The van der Waals surface area contributed by atoms with Gasteiger partial charge in [0.2, 0.25) is 11.8 Å². The van der Waals surface area contributed by atoms with E-state index in [0.717, 1.165) is 16.1 Å². The average Bonchev–Trinajstić information content (AvgIpc) is 2.90. The standard InChI is InChI=1S/C21H21FN4O7/c22-14-5-2-1-4-13(14)19(31)24-15-7-8-17(28)25-9-3-6-16(26(25)21(15)33)20(32)23-12(11-27)10-18(29)30/h1-5,9,11-12,15-16H,6-8,10H2,(H,23,32)(H,24,31)(H,29,30)/t12-,15-,16-/m0/s1. The Hall–Kier alpha value is -4.09. The lowest BCUT2D eigenvalue weighted by atomic mass is 10.1. The molecule has 33 heavy (non-hydrogen) atoms. The number of carboxylic acids is 1. The van der Waals surface area contributed by atoms with Gasteiger partial charge in [0.15, 0.2) is 0 Å². The summed E-state index contributed by atoms with van der Waals surface area (Å²) in [5, 5.41) is 15.4. The molecule has 3 rings (SSSR count). The molecule has 1 aromatic carbocycles. The zero-order chi connectivity index (χ0) is 24.1. The van der Waals surface area contributed by atoms with Crippen LogP contribution in [0.1, 0.15) is 36.0 Å². The van der Waals surface area contributed by atoms with E-state index >= 15 is 0 Å². The van der Waals surface area contributed by atoms with Gasteiger partial charge in [-0.15, -0.1) is 0 Å². The van der Waals surface area contributed by atoms with E-state index in [4.69, 9.17) is 5.11 Å². The first-order valence-electron chi connectivity index (χ1n) is 10.1. The number of aliphatic carboxylic acids is 1. The minimum atomic E-state index is -1.33. The van der Waals surface area contributed by atoms with Crippen molar-refractivity contribution in [2.24, 2.45) is 0 Å². The van der Waals surface area contributed by atoms with Crippen LogP contribution in [0, 0.1) is 5.82 Å². The van der Waals surface area contributed by atoms with Crippen LogP contribution in [0.2, 0.25) is 0 Å². The van der Waals surface area contributed by atoms with E-state index < -0.39 is 60.0 Å². The highest BCUT2D eigenvalue weighted by molar-refractivity contribution is 6.00. The Morgan fingerprint density at radius 2 is 1.97 bits per heavy atom. The number of nitrogens with one attached hydrogen (secondary N) is 2. The van der Waals surface area contributed by atoms with Crippen LogP contribution in [-0.4, -0.2) is 69.1 Å². The number of rotatable bonds is 7. The number of hydrogen-bond acceptors (Lipinski definition) is 6. The first-order valence-corrected chi connectivity index (χ1v) is 10.1. The largest absolute Gasteiger partial charge is 0.481 e. The molecular weight excluding hydrogens is 439 g/mol. The number of nitrogens with zero attached hydrogens (tertiary/aromatic N) is 2. The number of fused-ring (bicyclic) bond motifs is 1. The highest BCUT2D eigenvalue weighted by atomic mass is 19.1. The molecule has 0 spiro atoms. The van der Waals surface area contributed by atoms with Crippen LogP contribution in [0.5, 0.6) is 0 Å². The molecule has 174 valence electrons. The number of hydrogen-bond donors (Lipinski definition) is 3. The van der Waals surface area contributed by atoms with Crippen LogP contribution in [0.3, 0.4) is 0 Å². The maximum atomic E-state index is 14.0. The lowest BCUT2D eigenvalue weighted by Gasteiger charge is -2.39. The number of carboxylic acid groups (broad SMARTS) is 1. The average molecular weight is 460 g/mol. The predicted octanol–water partition coefficient (Wildman–Crippen LogP) is -0.265. The topological polar surface area (TPSA) is 153 Å². The van der Waals surface area contributed by atoms with Crippen LogP contribution in [0.15, 0.2) is 36.5 Å². The predicted molar refractivity (Wildman–Crippen MR) is 108 cm³/mol. The van der Waals surface area contributed by atoms with Crippen LogP contribution < -0.4 is 10.6 Å². The summed E-state index contributed by atoms with van der Waals surface area (Å²) in [6.45, 7) is 0. The van der Waals surface area contributed by atoms with E-state index in [1.165, 1.54) is 30.5 Å². The molecule has 0 aliphatic carbocycles. The zero-order valence-electron chi connectivity index (χ0n) is 17.3. The molecular formula is C21H21FN4O7. The Balaban J connectivity index is 1.83. The maximum Gasteiger partial charge on any atom is 0.305 e. The van der Waals surface area contributed by atoms with Gasteiger partial charge in [0.1, 0.15) is 24.2 Å². The van der Waals surface area contributed by atoms with Gasteiger partial charge >= 0.3 is 5.97 Å². The summed E-state index contributed by atoms with van der Waals surface area (Å²) in [7, 11) is 0. The summed E-state index contributed by atoms with van der Waals surface area (Å²) >= 11 is 0. The second-order valence-corrected chi connectivity index (χ2v) is 7.45. The number of hydrazine groups is 1. The molecule has 3 N–H and O–H groups in total. The molecule has 3 atom stereocenters. The molecule has 0 saturated carbocycles. The lowest BCUT2D eigenvalue weighted by molar-refractivity contribution is -0.166. The van der Waals surface area contributed by atoms with Gasteiger partial charge in [0.25, 0.3) is 11.8 Å². The minimum Gasteiger partial charge on any atom is -0.481 e. The SMILES string of the molecule is O=C[C@H](CC(=O)O)NC(=O)[C@@H]1CC=CN2C(=O)CC[C@H](NC(=O)c3ccccc3F)C(=O)N12. The normalized spacial score (nSPS) is 21.0. The molecule has 2 aliphatic rings. The van der Waals surface area contributed by atoms with Crippen molar-refractivity contribution in [2.45, 2.75) is 43.8 Å². The molecule has 0 unspecified atom stereocenters. The molecule has 0 aromatic heterocycles. The Bertz CT molecular complexity index is 1030. The van der Waals surface area contributed by atoms with E-state index in [1.807, 2.05) is 0 Å². The number of carbonyl (C=O) groups excluding carboxylic acids is 5. The van der Waals surface area contributed by atoms with Gasteiger partial charge < -0.3 is 20.5 Å². The van der Waals surface area contributed by atoms with Gasteiger partial charge in [-0.1, -0.05) is 18.2 Å². The molecule has 2 heterocycles. The second-order valence-electron chi connectivity index (χ2n) is 7.45. The summed E-state index contributed by atoms with van der Waals surface area (Å²) in [4.78, 5) is 73.2. The Kier molecular flexibility index (Phi) is 7.16. The number of amides is 4. The summed E-state index contributed by atoms with van der Waals surface area (Å²) < 4.78 is 14.0. The fraction of sp³-hybridized carbons (Fsp3) is 0.333. The Labute approximate surface area is 187 Å². The number of halogens is 1. The monoisotopic (exact) mass is 460 g/mol. The van der Waals surface area contributed by atoms with Gasteiger partial charge in [0, 0.05) is 12.6 Å². The third-order valence-corrected chi connectivity index (χ3v) is 5.17. The van der Waals surface area contributed by atoms with Crippen LogP contribution >= 0.6 is 0 Å². The van der Waals surface area contributed by atoms with Gasteiger partial charge in [-0.25, -0.2) is 14.4 Å². The maximum absolute atomic E-state index is 14.0. The molecule has 12 heteroatoms. The van der Waals surface area contributed by atoms with Crippen LogP contribution in [0.4, 0.5) is 4.39 Å². The van der Waals surface area contributed by atoms with Crippen molar-refractivity contribution < 1.29 is 38.3 Å². The minimum absolute atomic E-state index is 0.0199. The van der Waals surface area contributed by atoms with Crippen LogP contribution in [0.25, 0.3) is 0 Å². The van der Waals surface area contributed by atoms with Crippen molar-refractivity contribution in [3.05, 3.63) is 47.9 Å². The third-order valence-electron chi connectivity index (χ3n) is 5.17. The van der Waals surface area contributed by atoms with Crippen molar-refractivity contribution >= 4 is 35.9 Å². The Morgan fingerprint density at radius 1 is 1.24 bits per heavy atom. The summed E-state index contributed by atoms with van der Waals surface area (Å²) in [6.07, 6.45) is 2.16. The van der Waals surface area contributed by atoms with Gasteiger partial charge in [-0.3, -0.25) is 24.0 Å².